The molecule has 2 aromatic carbocycles. The van der Waals surface area contributed by atoms with Gasteiger partial charge >= 0.3 is 18.4 Å². The van der Waals surface area contributed by atoms with Gasteiger partial charge in [-0.3, -0.25) is 9.69 Å². The van der Waals surface area contributed by atoms with Gasteiger partial charge in [-0.15, -0.1) is 0 Å². The second-order valence-corrected chi connectivity index (χ2v) is 9.69. The van der Waals surface area contributed by atoms with E-state index in [4.69, 9.17) is 14.2 Å². The summed E-state index contributed by atoms with van der Waals surface area (Å²) in [5.74, 6) is 0.506. The van der Waals surface area contributed by atoms with Crippen LogP contribution < -0.4 is 19.5 Å². The van der Waals surface area contributed by atoms with Crippen molar-refractivity contribution in [2.45, 2.75) is 63.0 Å². The number of aliphatic hydroxyl groups is 1. The van der Waals surface area contributed by atoms with E-state index in [9.17, 15) is 41.0 Å². The fraction of sp³-hybridized carbons (Fsp3) is 0.481. The summed E-state index contributed by atoms with van der Waals surface area (Å²) in [5.41, 5.74) is -7.18. The number of aryl methyl sites for hydroxylation is 1. The van der Waals surface area contributed by atoms with E-state index in [1.165, 1.54) is 0 Å². The Kier molecular flexibility index (Phi) is 8.09. The smallest absolute Gasteiger partial charge is 0.430 e. The van der Waals surface area contributed by atoms with Crippen molar-refractivity contribution in [1.29, 1.82) is 0 Å². The fourth-order valence-electron chi connectivity index (χ4n) is 4.93. The number of urea groups is 1. The van der Waals surface area contributed by atoms with Gasteiger partial charge in [0, 0.05) is 12.1 Å². The monoisotopic (exact) mass is 590 g/mol. The highest BCUT2D eigenvalue weighted by molar-refractivity contribution is 6.07. The van der Waals surface area contributed by atoms with E-state index in [0.717, 1.165) is 11.0 Å². The van der Waals surface area contributed by atoms with Crippen LogP contribution in [0.5, 0.6) is 17.2 Å². The Labute approximate surface area is 231 Å². The van der Waals surface area contributed by atoms with E-state index >= 15 is 0 Å². The molecule has 1 fully saturated rings. The van der Waals surface area contributed by atoms with Crippen LogP contribution in [0.15, 0.2) is 36.4 Å². The van der Waals surface area contributed by atoms with Gasteiger partial charge in [0.15, 0.2) is 11.5 Å². The minimum Gasteiger partial charge on any atom is -0.493 e. The molecule has 2 aliphatic heterocycles. The number of carbonyl (C=O) groups excluding carboxylic acids is 2. The van der Waals surface area contributed by atoms with E-state index in [1.807, 2.05) is 0 Å². The summed E-state index contributed by atoms with van der Waals surface area (Å²) in [5, 5.41) is 12.5. The molecule has 0 aliphatic carbocycles. The molecule has 1 atom stereocenters. The molecule has 4 rings (SSSR count). The molecule has 0 aromatic heterocycles. The van der Waals surface area contributed by atoms with Crippen LogP contribution in [-0.2, 0) is 22.4 Å². The number of hydrogen-bond donors (Lipinski definition) is 2. The van der Waals surface area contributed by atoms with Crippen LogP contribution in [0.3, 0.4) is 0 Å². The summed E-state index contributed by atoms with van der Waals surface area (Å²) in [4.78, 5) is 27.2. The van der Waals surface area contributed by atoms with Crippen molar-refractivity contribution in [2.24, 2.45) is 0 Å². The predicted octanol–water partition coefficient (Wildman–Crippen LogP) is 5.31. The Hall–Kier alpha value is -3.68. The number of nitrogens with zero attached hydrogens (tertiary/aromatic N) is 1. The van der Waals surface area contributed by atoms with E-state index in [1.54, 1.807) is 32.0 Å². The zero-order valence-corrected chi connectivity index (χ0v) is 22.1. The lowest BCUT2D eigenvalue weighted by molar-refractivity contribution is -0.376. The number of imide groups is 1. The third kappa shape index (κ3) is 5.24. The van der Waals surface area contributed by atoms with Gasteiger partial charge in [-0.1, -0.05) is 32.4 Å². The SMILES string of the molecule is CCCc1cc(C(O)(C(F)(F)F)C(F)(F)F)ccc1OCCCN1C(=O)NC(CC)(c2ccc3c(c2)OCO3)C1=O. The van der Waals surface area contributed by atoms with Crippen molar-refractivity contribution in [3.8, 4) is 17.2 Å². The maximum Gasteiger partial charge on any atom is 0.430 e. The van der Waals surface area contributed by atoms with Gasteiger partial charge < -0.3 is 24.6 Å². The average molecular weight is 591 g/mol. The van der Waals surface area contributed by atoms with Gasteiger partial charge in [0.2, 0.25) is 6.79 Å². The molecular weight excluding hydrogens is 562 g/mol. The molecule has 224 valence electrons. The molecule has 0 bridgehead atoms. The Morgan fingerprint density at radius 2 is 1.68 bits per heavy atom. The number of rotatable bonds is 10. The van der Waals surface area contributed by atoms with Crippen molar-refractivity contribution in [3.63, 3.8) is 0 Å². The molecule has 2 aromatic rings. The molecule has 0 radical (unpaired) electrons. The molecular formula is C27H28F6N2O6. The van der Waals surface area contributed by atoms with E-state index in [2.05, 4.69) is 5.32 Å². The van der Waals surface area contributed by atoms with Crippen LogP contribution in [0.2, 0.25) is 0 Å². The summed E-state index contributed by atoms with van der Waals surface area (Å²) in [6.07, 6.45) is -11.2. The van der Waals surface area contributed by atoms with Gasteiger partial charge in [-0.05, 0) is 54.7 Å². The Morgan fingerprint density at radius 1 is 1.00 bits per heavy atom. The zero-order chi connectivity index (χ0) is 30.2. The number of fused-ring (bicyclic) bond motifs is 1. The standard InChI is InChI=1S/C27H28F6N2O6/c1-3-6-16-13-18(25(38,26(28,29)30)27(31,32)33)8-9-19(16)39-12-5-11-35-22(36)24(4-2,34-23(35)37)17-7-10-20-21(14-17)41-15-40-20/h7-10,13-14,38H,3-6,11-12,15H2,1-2H3,(H,34,37). The lowest BCUT2D eigenvalue weighted by Crippen LogP contribution is -2.53. The molecule has 2 heterocycles. The number of amides is 3. The van der Waals surface area contributed by atoms with Crippen molar-refractivity contribution in [2.75, 3.05) is 19.9 Å². The first-order chi connectivity index (χ1) is 19.2. The summed E-state index contributed by atoms with van der Waals surface area (Å²) in [7, 11) is 0. The van der Waals surface area contributed by atoms with Crippen LogP contribution >= 0.6 is 0 Å². The molecule has 0 saturated carbocycles. The highest BCUT2D eigenvalue weighted by Crippen LogP contribution is 2.50. The predicted molar refractivity (Wildman–Crippen MR) is 131 cm³/mol. The Bertz CT molecular complexity index is 1300. The minimum absolute atomic E-state index is 0.0303. The summed E-state index contributed by atoms with van der Waals surface area (Å²) in [6, 6.07) is 6.43. The molecule has 1 saturated heterocycles. The van der Waals surface area contributed by atoms with E-state index < -0.39 is 41.0 Å². The lowest BCUT2D eigenvalue weighted by atomic mass is 9.87. The maximum absolute atomic E-state index is 13.4. The summed E-state index contributed by atoms with van der Waals surface area (Å²) < 4.78 is 96.3. The quantitative estimate of drug-likeness (QED) is 0.221. The first-order valence-corrected chi connectivity index (χ1v) is 12.9. The van der Waals surface area contributed by atoms with Gasteiger partial charge in [0.1, 0.15) is 11.3 Å². The van der Waals surface area contributed by atoms with Crippen LogP contribution in [0.4, 0.5) is 31.1 Å². The molecule has 41 heavy (non-hydrogen) atoms. The van der Waals surface area contributed by atoms with Crippen molar-refractivity contribution in [3.05, 3.63) is 53.1 Å². The lowest BCUT2D eigenvalue weighted by Gasteiger charge is -2.33. The number of alkyl halides is 6. The Balaban J connectivity index is 1.46. The van der Waals surface area contributed by atoms with E-state index in [-0.39, 0.29) is 50.5 Å². The van der Waals surface area contributed by atoms with Crippen LogP contribution in [0, 0.1) is 0 Å². The van der Waals surface area contributed by atoms with Gasteiger partial charge in [0.25, 0.3) is 11.5 Å². The maximum atomic E-state index is 13.4. The second-order valence-electron chi connectivity index (χ2n) is 9.69. The van der Waals surface area contributed by atoms with Crippen molar-refractivity contribution >= 4 is 11.9 Å². The molecule has 8 nitrogen and oxygen atoms in total. The Morgan fingerprint density at radius 3 is 2.32 bits per heavy atom. The van der Waals surface area contributed by atoms with Gasteiger partial charge in [0.05, 0.1) is 6.61 Å². The van der Waals surface area contributed by atoms with Crippen LogP contribution in [0.25, 0.3) is 0 Å². The number of hydrogen-bond acceptors (Lipinski definition) is 6. The second kappa shape index (κ2) is 11.0. The fourth-order valence-corrected chi connectivity index (χ4v) is 4.93. The van der Waals surface area contributed by atoms with Gasteiger partial charge in [-0.25, -0.2) is 4.79 Å². The first kappa shape index (κ1) is 30.3. The molecule has 3 amide bonds. The average Bonchev–Trinajstić information content (AvgIpc) is 3.47. The third-order valence-electron chi connectivity index (χ3n) is 7.17. The number of carbonyl (C=O) groups is 2. The van der Waals surface area contributed by atoms with Crippen LogP contribution in [-0.4, -0.2) is 54.2 Å². The van der Waals surface area contributed by atoms with E-state index in [0.29, 0.717) is 35.6 Å². The summed E-state index contributed by atoms with van der Waals surface area (Å²) in [6.45, 7) is 3.30. The number of nitrogens with one attached hydrogen (secondary N) is 1. The first-order valence-electron chi connectivity index (χ1n) is 12.9. The molecule has 1 unspecified atom stereocenters. The number of halogens is 6. The molecule has 2 aliphatic rings. The largest absolute Gasteiger partial charge is 0.493 e. The summed E-state index contributed by atoms with van der Waals surface area (Å²) >= 11 is 0. The van der Waals surface area contributed by atoms with Gasteiger partial charge in [-0.2, -0.15) is 26.3 Å². The highest BCUT2D eigenvalue weighted by Gasteiger charge is 2.71. The van der Waals surface area contributed by atoms with Crippen molar-refractivity contribution in [1.82, 2.24) is 10.2 Å². The topological polar surface area (TPSA) is 97.3 Å². The zero-order valence-electron chi connectivity index (χ0n) is 22.1. The number of ether oxygens (including phenoxy) is 3. The van der Waals surface area contributed by atoms with Crippen LogP contribution in [0.1, 0.15) is 49.8 Å². The van der Waals surface area contributed by atoms with Crippen molar-refractivity contribution < 1.29 is 55.2 Å². The molecule has 14 heteroatoms. The molecule has 2 N–H and O–H groups in total. The number of benzene rings is 2. The highest BCUT2D eigenvalue weighted by atomic mass is 19.4. The molecule has 0 spiro atoms. The normalized spacial score (nSPS) is 19.1. The minimum atomic E-state index is -6.01. The third-order valence-corrected chi connectivity index (χ3v) is 7.17.